The molecule has 0 unspecified atom stereocenters. The van der Waals surface area contributed by atoms with Crippen LogP contribution < -0.4 is 15.5 Å². The molecule has 7 nitrogen and oxygen atoms in total. The summed E-state index contributed by atoms with van der Waals surface area (Å²) in [5, 5.41) is 15.6. The van der Waals surface area contributed by atoms with Crippen molar-refractivity contribution in [1.29, 1.82) is 0 Å². The second-order valence-corrected chi connectivity index (χ2v) is 6.28. The van der Waals surface area contributed by atoms with E-state index in [9.17, 15) is 4.79 Å². The third kappa shape index (κ3) is 2.99. The Balaban J connectivity index is 1.83. The van der Waals surface area contributed by atoms with Gasteiger partial charge in [0.1, 0.15) is 11.9 Å². The molecule has 2 atom stereocenters. The molecule has 0 amide bonds. The van der Waals surface area contributed by atoms with E-state index in [1.165, 1.54) is 12.0 Å². The maximum atomic E-state index is 11.1. The molecule has 2 aliphatic rings. The standard InChI is InChI=1S/C15H23N5O2/c1-20(2)15-18-11-6-4-3-5-10(11)13(19-15)17-9-7-12(14(21)22)16-8-9/h9,12,16H,3-8H2,1-2H3,(H,21,22)(H,17,18,19)/t9-,12-/m0/s1. The Bertz CT molecular complexity index is 575. The summed E-state index contributed by atoms with van der Waals surface area (Å²) in [5.41, 5.74) is 2.34. The minimum atomic E-state index is -0.789. The molecule has 3 N–H and O–H groups in total. The third-order valence-electron chi connectivity index (χ3n) is 4.34. The lowest BCUT2D eigenvalue weighted by molar-refractivity contribution is -0.139. The highest BCUT2D eigenvalue weighted by Gasteiger charge is 2.30. The van der Waals surface area contributed by atoms with Crippen molar-refractivity contribution in [1.82, 2.24) is 15.3 Å². The molecule has 1 aliphatic carbocycles. The normalized spacial score (nSPS) is 23.9. The van der Waals surface area contributed by atoms with Gasteiger partial charge in [-0.25, -0.2) is 4.98 Å². The van der Waals surface area contributed by atoms with Crippen LogP contribution in [0.2, 0.25) is 0 Å². The molecule has 0 radical (unpaired) electrons. The van der Waals surface area contributed by atoms with Gasteiger partial charge in [0.15, 0.2) is 0 Å². The summed E-state index contributed by atoms with van der Waals surface area (Å²) in [5.74, 6) is 0.804. The fourth-order valence-corrected chi connectivity index (χ4v) is 3.13. The smallest absolute Gasteiger partial charge is 0.320 e. The van der Waals surface area contributed by atoms with Crippen LogP contribution in [0.1, 0.15) is 30.5 Å². The predicted molar refractivity (Wildman–Crippen MR) is 84.5 cm³/mol. The maximum Gasteiger partial charge on any atom is 0.320 e. The number of aromatic nitrogens is 2. The first-order valence-electron chi connectivity index (χ1n) is 7.84. The number of aliphatic carboxylic acids is 1. The summed E-state index contributed by atoms with van der Waals surface area (Å²) in [6, 6.07) is -0.375. The van der Waals surface area contributed by atoms with Crippen molar-refractivity contribution < 1.29 is 9.90 Å². The van der Waals surface area contributed by atoms with Gasteiger partial charge in [0, 0.05) is 32.2 Å². The van der Waals surface area contributed by atoms with Crippen LogP contribution in [0, 0.1) is 0 Å². The summed E-state index contributed by atoms with van der Waals surface area (Å²) in [6.07, 6.45) is 4.89. The zero-order chi connectivity index (χ0) is 15.7. The highest BCUT2D eigenvalue weighted by molar-refractivity contribution is 5.74. The van der Waals surface area contributed by atoms with Gasteiger partial charge in [0.2, 0.25) is 5.95 Å². The molecule has 1 aliphatic heterocycles. The molecule has 0 bridgehead atoms. The number of hydrogen-bond acceptors (Lipinski definition) is 6. The number of aryl methyl sites for hydroxylation is 1. The minimum Gasteiger partial charge on any atom is -0.480 e. The Labute approximate surface area is 130 Å². The van der Waals surface area contributed by atoms with Crippen LogP contribution in [0.4, 0.5) is 11.8 Å². The number of anilines is 2. The average molecular weight is 305 g/mol. The SMILES string of the molecule is CN(C)c1nc2c(c(N[C@@H]3CN[C@H](C(=O)O)C3)n1)CCCC2. The van der Waals surface area contributed by atoms with Crippen LogP contribution in [0.25, 0.3) is 0 Å². The van der Waals surface area contributed by atoms with E-state index in [4.69, 9.17) is 5.11 Å². The molecule has 0 saturated carbocycles. The van der Waals surface area contributed by atoms with Gasteiger partial charge in [-0.3, -0.25) is 4.79 Å². The highest BCUT2D eigenvalue weighted by Crippen LogP contribution is 2.28. The van der Waals surface area contributed by atoms with Crippen molar-refractivity contribution in [3.05, 3.63) is 11.3 Å². The van der Waals surface area contributed by atoms with Gasteiger partial charge in [-0.2, -0.15) is 4.98 Å². The van der Waals surface area contributed by atoms with Crippen molar-refractivity contribution in [3.8, 4) is 0 Å². The fraction of sp³-hybridized carbons (Fsp3) is 0.667. The Hall–Kier alpha value is -1.89. The summed E-state index contributed by atoms with van der Waals surface area (Å²) in [4.78, 5) is 22.3. The quantitative estimate of drug-likeness (QED) is 0.752. The maximum absolute atomic E-state index is 11.1. The van der Waals surface area contributed by atoms with E-state index in [0.29, 0.717) is 18.9 Å². The Morgan fingerprint density at radius 2 is 2.09 bits per heavy atom. The number of rotatable bonds is 4. The van der Waals surface area contributed by atoms with Crippen molar-refractivity contribution in [2.75, 3.05) is 30.9 Å². The van der Waals surface area contributed by atoms with Crippen LogP contribution in [0.3, 0.4) is 0 Å². The van der Waals surface area contributed by atoms with E-state index in [-0.39, 0.29) is 6.04 Å². The van der Waals surface area contributed by atoms with Crippen molar-refractivity contribution in [2.45, 2.75) is 44.2 Å². The minimum absolute atomic E-state index is 0.0945. The zero-order valence-electron chi connectivity index (χ0n) is 13.1. The van der Waals surface area contributed by atoms with E-state index >= 15 is 0 Å². The number of fused-ring (bicyclic) bond motifs is 1. The third-order valence-corrected chi connectivity index (χ3v) is 4.34. The van der Waals surface area contributed by atoms with Crippen LogP contribution in [0.5, 0.6) is 0 Å². The molecule has 1 aromatic rings. The lowest BCUT2D eigenvalue weighted by Gasteiger charge is -2.23. The van der Waals surface area contributed by atoms with Crippen molar-refractivity contribution in [3.63, 3.8) is 0 Å². The molecule has 2 heterocycles. The molecule has 0 spiro atoms. The molecule has 1 aromatic heterocycles. The van der Waals surface area contributed by atoms with Gasteiger partial charge in [-0.15, -0.1) is 0 Å². The summed E-state index contributed by atoms with van der Waals surface area (Å²) in [6.45, 7) is 0.646. The number of nitrogens with one attached hydrogen (secondary N) is 2. The van der Waals surface area contributed by atoms with Gasteiger partial charge in [0.05, 0.1) is 5.69 Å². The first-order chi connectivity index (χ1) is 10.5. The van der Waals surface area contributed by atoms with Gasteiger partial charge >= 0.3 is 5.97 Å². The molecule has 7 heteroatoms. The van der Waals surface area contributed by atoms with Gasteiger partial charge < -0.3 is 20.6 Å². The topological polar surface area (TPSA) is 90.4 Å². The molecule has 3 rings (SSSR count). The summed E-state index contributed by atoms with van der Waals surface area (Å²) >= 11 is 0. The second-order valence-electron chi connectivity index (χ2n) is 6.28. The first-order valence-corrected chi connectivity index (χ1v) is 7.84. The Morgan fingerprint density at radius 3 is 2.77 bits per heavy atom. The van der Waals surface area contributed by atoms with Gasteiger partial charge in [-0.1, -0.05) is 0 Å². The van der Waals surface area contributed by atoms with Crippen molar-refractivity contribution >= 4 is 17.7 Å². The summed E-state index contributed by atoms with van der Waals surface area (Å²) < 4.78 is 0. The first kappa shape index (κ1) is 15.0. The molecule has 1 fully saturated rings. The molecule has 120 valence electrons. The number of nitrogens with zero attached hydrogens (tertiary/aromatic N) is 3. The number of carboxylic acids is 1. The van der Waals surface area contributed by atoms with Crippen LogP contribution >= 0.6 is 0 Å². The van der Waals surface area contributed by atoms with E-state index in [1.807, 2.05) is 19.0 Å². The predicted octanol–water partition coefficient (Wildman–Crippen LogP) is 0.648. The van der Waals surface area contributed by atoms with E-state index in [0.717, 1.165) is 30.8 Å². The zero-order valence-corrected chi connectivity index (χ0v) is 13.1. The Kier molecular flexibility index (Phi) is 4.15. The molecule has 1 saturated heterocycles. The number of carbonyl (C=O) groups is 1. The highest BCUT2D eigenvalue weighted by atomic mass is 16.4. The lowest BCUT2D eigenvalue weighted by Crippen LogP contribution is -2.30. The molecular weight excluding hydrogens is 282 g/mol. The number of carboxylic acid groups (broad SMARTS) is 1. The average Bonchev–Trinajstić information content (AvgIpc) is 2.96. The van der Waals surface area contributed by atoms with Gasteiger partial charge in [-0.05, 0) is 32.1 Å². The van der Waals surface area contributed by atoms with E-state index in [2.05, 4.69) is 20.6 Å². The van der Waals surface area contributed by atoms with E-state index in [1.54, 1.807) is 0 Å². The number of hydrogen-bond donors (Lipinski definition) is 3. The largest absolute Gasteiger partial charge is 0.480 e. The summed E-state index contributed by atoms with van der Waals surface area (Å²) in [7, 11) is 3.87. The molecular formula is C15H23N5O2. The van der Waals surface area contributed by atoms with Crippen LogP contribution in [0.15, 0.2) is 0 Å². The molecule has 0 aromatic carbocycles. The Morgan fingerprint density at radius 1 is 1.32 bits per heavy atom. The van der Waals surface area contributed by atoms with Crippen LogP contribution in [-0.4, -0.2) is 53.8 Å². The van der Waals surface area contributed by atoms with Crippen LogP contribution in [-0.2, 0) is 17.6 Å². The fourth-order valence-electron chi connectivity index (χ4n) is 3.13. The molecule has 22 heavy (non-hydrogen) atoms. The van der Waals surface area contributed by atoms with Crippen molar-refractivity contribution in [2.24, 2.45) is 0 Å². The van der Waals surface area contributed by atoms with Gasteiger partial charge in [0.25, 0.3) is 0 Å². The van der Waals surface area contributed by atoms with E-state index < -0.39 is 12.0 Å². The second kappa shape index (κ2) is 6.08. The monoisotopic (exact) mass is 305 g/mol. The lowest BCUT2D eigenvalue weighted by atomic mass is 9.96.